The maximum Gasteiger partial charge on any atom is 0.177 e. The van der Waals surface area contributed by atoms with E-state index < -0.39 is 9.84 Å². The van der Waals surface area contributed by atoms with Gasteiger partial charge >= 0.3 is 0 Å². The van der Waals surface area contributed by atoms with Gasteiger partial charge in [0, 0.05) is 19.9 Å². The van der Waals surface area contributed by atoms with Crippen LogP contribution in [0.15, 0.2) is 53.4 Å². The molecule has 0 heterocycles. The van der Waals surface area contributed by atoms with Crippen molar-refractivity contribution in [3.8, 4) is 0 Å². The summed E-state index contributed by atoms with van der Waals surface area (Å²) in [5.74, 6) is 0. The monoisotopic (exact) mass is 305 g/mol. The lowest BCUT2D eigenvalue weighted by atomic mass is 10.1. The molecule has 0 amide bonds. The lowest BCUT2D eigenvalue weighted by molar-refractivity contribution is 0.184. The van der Waals surface area contributed by atoms with Crippen LogP contribution in [-0.4, -0.2) is 21.8 Å². The summed E-state index contributed by atoms with van der Waals surface area (Å²) in [4.78, 5) is 0.314. The predicted molar refractivity (Wildman–Crippen MR) is 84.0 cm³/mol. The summed E-state index contributed by atoms with van der Waals surface area (Å²) in [6.07, 6.45) is 1.21. The molecule has 4 nitrogen and oxygen atoms in total. The molecule has 0 unspecified atom stereocenters. The summed E-state index contributed by atoms with van der Waals surface area (Å²) < 4.78 is 28.7. The molecular formula is C16H19NO3S. The van der Waals surface area contributed by atoms with E-state index in [1.165, 1.54) is 6.26 Å². The molecule has 0 aliphatic rings. The minimum atomic E-state index is -3.25. The zero-order chi connectivity index (χ0) is 15.3. The number of para-hydroxylation sites is 1. The summed E-state index contributed by atoms with van der Waals surface area (Å²) in [5, 5.41) is 3.20. The minimum absolute atomic E-state index is 0.314. The summed E-state index contributed by atoms with van der Waals surface area (Å²) in [6.45, 7) is 1.08. The predicted octanol–water partition coefficient (Wildman–Crippen LogP) is 2.85. The van der Waals surface area contributed by atoms with Crippen LogP contribution in [0, 0.1) is 0 Å². The molecule has 21 heavy (non-hydrogen) atoms. The van der Waals surface area contributed by atoms with Gasteiger partial charge in [-0.05, 0) is 23.3 Å². The van der Waals surface area contributed by atoms with Gasteiger partial charge in [-0.25, -0.2) is 8.42 Å². The first-order chi connectivity index (χ1) is 10.0. The summed E-state index contributed by atoms with van der Waals surface area (Å²) in [6, 6.07) is 14.8. The molecule has 0 aliphatic carbocycles. The Hall–Kier alpha value is -1.85. The molecule has 0 spiro atoms. The van der Waals surface area contributed by atoms with Gasteiger partial charge in [-0.3, -0.25) is 0 Å². The smallest absolute Gasteiger partial charge is 0.177 e. The minimum Gasteiger partial charge on any atom is -0.380 e. The van der Waals surface area contributed by atoms with Crippen LogP contribution in [0.2, 0.25) is 0 Å². The lowest BCUT2D eigenvalue weighted by Crippen LogP contribution is -2.07. The van der Waals surface area contributed by atoms with Gasteiger partial charge in [-0.2, -0.15) is 0 Å². The van der Waals surface area contributed by atoms with Crippen LogP contribution in [-0.2, 0) is 27.7 Å². The molecule has 0 saturated carbocycles. The Labute approximate surface area is 125 Å². The number of benzene rings is 2. The average molecular weight is 305 g/mol. The molecule has 0 atom stereocenters. The second-order valence-electron chi connectivity index (χ2n) is 4.82. The highest BCUT2D eigenvalue weighted by atomic mass is 32.2. The first-order valence-corrected chi connectivity index (χ1v) is 8.50. The van der Waals surface area contributed by atoms with Crippen LogP contribution in [0.25, 0.3) is 0 Å². The molecular weight excluding hydrogens is 286 g/mol. The zero-order valence-corrected chi connectivity index (χ0v) is 13.0. The van der Waals surface area contributed by atoms with Crippen LogP contribution < -0.4 is 5.32 Å². The summed E-state index contributed by atoms with van der Waals surface area (Å²) in [5.41, 5.74) is 2.79. The topological polar surface area (TPSA) is 55.4 Å². The molecule has 0 aliphatic heterocycles. The van der Waals surface area contributed by atoms with E-state index in [0.717, 1.165) is 11.1 Å². The van der Waals surface area contributed by atoms with E-state index in [0.29, 0.717) is 23.7 Å². The number of nitrogens with one attached hydrogen (secondary N) is 1. The molecule has 0 fully saturated rings. The van der Waals surface area contributed by atoms with Crippen LogP contribution in [0.4, 0.5) is 5.69 Å². The van der Waals surface area contributed by atoms with E-state index in [1.807, 2.05) is 30.3 Å². The molecule has 0 bridgehead atoms. The third-order valence-electron chi connectivity index (χ3n) is 3.17. The Morgan fingerprint density at radius 2 is 1.62 bits per heavy atom. The SMILES string of the molecule is COCc1ccccc1CNc1ccccc1S(C)(=O)=O. The molecule has 2 aromatic carbocycles. The van der Waals surface area contributed by atoms with Crippen molar-refractivity contribution in [3.63, 3.8) is 0 Å². The molecule has 0 saturated heterocycles. The molecule has 5 heteroatoms. The van der Waals surface area contributed by atoms with Crippen molar-refractivity contribution in [2.45, 2.75) is 18.0 Å². The Balaban J connectivity index is 2.22. The van der Waals surface area contributed by atoms with Gasteiger partial charge in [0.15, 0.2) is 9.84 Å². The first-order valence-electron chi connectivity index (χ1n) is 6.61. The van der Waals surface area contributed by atoms with E-state index in [2.05, 4.69) is 5.32 Å². The second-order valence-corrected chi connectivity index (χ2v) is 6.81. The zero-order valence-electron chi connectivity index (χ0n) is 12.2. The number of ether oxygens (including phenoxy) is 1. The van der Waals surface area contributed by atoms with Gasteiger partial charge in [0.05, 0.1) is 17.2 Å². The van der Waals surface area contributed by atoms with E-state index >= 15 is 0 Å². The molecule has 0 radical (unpaired) electrons. The number of methoxy groups -OCH3 is 1. The second kappa shape index (κ2) is 6.74. The third kappa shape index (κ3) is 4.06. The highest BCUT2D eigenvalue weighted by Gasteiger charge is 2.12. The van der Waals surface area contributed by atoms with Gasteiger partial charge in [0.25, 0.3) is 0 Å². The fraction of sp³-hybridized carbons (Fsp3) is 0.250. The van der Waals surface area contributed by atoms with Gasteiger partial charge < -0.3 is 10.1 Å². The van der Waals surface area contributed by atoms with Gasteiger partial charge in [0.2, 0.25) is 0 Å². The number of rotatable bonds is 6. The van der Waals surface area contributed by atoms with E-state index in [-0.39, 0.29) is 0 Å². The van der Waals surface area contributed by atoms with Gasteiger partial charge in [-0.1, -0.05) is 36.4 Å². The van der Waals surface area contributed by atoms with Crippen LogP contribution in [0.5, 0.6) is 0 Å². The van der Waals surface area contributed by atoms with Crippen molar-refractivity contribution in [1.82, 2.24) is 0 Å². The van der Waals surface area contributed by atoms with Crippen molar-refractivity contribution >= 4 is 15.5 Å². The van der Waals surface area contributed by atoms with E-state index in [4.69, 9.17) is 4.74 Å². The molecule has 112 valence electrons. The Kier molecular flexibility index (Phi) is 4.98. The number of hydrogen-bond donors (Lipinski definition) is 1. The summed E-state index contributed by atoms with van der Waals surface area (Å²) in [7, 11) is -1.59. The normalized spacial score (nSPS) is 11.3. The van der Waals surface area contributed by atoms with Gasteiger partial charge in [-0.15, -0.1) is 0 Å². The standard InChI is InChI=1S/C16H19NO3S/c1-20-12-14-8-4-3-7-13(14)11-17-15-9-5-6-10-16(15)21(2,18)19/h3-10,17H,11-12H2,1-2H3. The van der Waals surface area contributed by atoms with E-state index in [9.17, 15) is 8.42 Å². The van der Waals surface area contributed by atoms with Gasteiger partial charge in [0.1, 0.15) is 0 Å². The Bertz CT molecular complexity index is 711. The molecule has 0 aromatic heterocycles. The maximum absolute atomic E-state index is 11.8. The summed E-state index contributed by atoms with van der Waals surface area (Å²) >= 11 is 0. The maximum atomic E-state index is 11.8. The quantitative estimate of drug-likeness (QED) is 0.891. The third-order valence-corrected chi connectivity index (χ3v) is 4.33. The average Bonchev–Trinajstić information content (AvgIpc) is 2.46. The van der Waals surface area contributed by atoms with Crippen molar-refractivity contribution in [1.29, 1.82) is 0 Å². The van der Waals surface area contributed by atoms with Crippen LogP contribution in [0.1, 0.15) is 11.1 Å². The number of sulfone groups is 1. The van der Waals surface area contributed by atoms with Crippen molar-refractivity contribution in [2.24, 2.45) is 0 Å². The van der Waals surface area contributed by atoms with Crippen LogP contribution >= 0.6 is 0 Å². The molecule has 2 rings (SSSR count). The largest absolute Gasteiger partial charge is 0.380 e. The van der Waals surface area contributed by atoms with Crippen molar-refractivity contribution in [2.75, 3.05) is 18.7 Å². The highest BCUT2D eigenvalue weighted by Crippen LogP contribution is 2.22. The molecule has 1 N–H and O–H groups in total. The number of hydrogen-bond acceptors (Lipinski definition) is 4. The highest BCUT2D eigenvalue weighted by molar-refractivity contribution is 7.90. The fourth-order valence-corrected chi connectivity index (χ4v) is 3.02. The van der Waals surface area contributed by atoms with Crippen molar-refractivity contribution < 1.29 is 13.2 Å². The first kappa shape index (κ1) is 15.5. The van der Waals surface area contributed by atoms with Crippen molar-refractivity contribution in [3.05, 3.63) is 59.7 Å². The number of anilines is 1. The Morgan fingerprint density at radius 3 is 2.29 bits per heavy atom. The van der Waals surface area contributed by atoms with E-state index in [1.54, 1.807) is 25.3 Å². The fourth-order valence-electron chi connectivity index (χ4n) is 2.15. The Morgan fingerprint density at radius 1 is 1.00 bits per heavy atom. The lowest BCUT2D eigenvalue weighted by Gasteiger charge is -2.13. The molecule has 2 aromatic rings. The van der Waals surface area contributed by atoms with Crippen LogP contribution in [0.3, 0.4) is 0 Å².